The topological polar surface area (TPSA) is 60.5 Å². The lowest BCUT2D eigenvalue weighted by Gasteiger charge is -2.18. The quantitative estimate of drug-likeness (QED) is 0.853. The third-order valence-electron chi connectivity index (χ3n) is 3.17. The highest BCUT2D eigenvalue weighted by atomic mass is 16.5. The molecule has 1 aromatic heterocycles. The van der Waals surface area contributed by atoms with Crippen LogP contribution in [0.25, 0.3) is 0 Å². The number of ether oxygens (including phenoxy) is 2. The molecular weight excluding hydrogens is 280 g/mol. The Hall–Kier alpha value is -2.56. The zero-order valence-corrected chi connectivity index (χ0v) is 12.8. The van der Waals surface area contributed by atoms with E-state index in [0.717, 1.165) is 5.69 Å². The predicted octanol–water partition coefficient (Wildman–Crippen LogP) is 2.56. The van der Waals surface area contributed by atoms with Gasteiger partial charge in [-0.2, -0.15) is 0 Å². The summed E-state index contributed by atoms with van der Waals surface area (Å²) >= 11 is 0. The molecule has 0 aliphatic heterocycles. The van der Waals surface area contributed by atoms with Crippen LogP contribution in [0.3, 0.4) is 0 Å². The van der Waals surface area contributed by atoms with E-state index in [4.69, 9.17) is 9.47 Å². The summed E-state index contributed by atoms with van der Waals surface area (Å²) in [5, 5.41) is 2.84. The van der Waals surface area contributed by atoms with Crippen molar-refractivity contribution in [1.82, 2.24) is 10.3 Å². The maximum atomic E-state index is 12.2. The molecule has 22 heavy (non-hydrogen) atoms. The van der Waals surface area contributed by atoms with E-state index in [1.54, 1.807) is 25.4 Å². The van der Waals surface area contributed by atoms with Gasteiger partial charge in [0.25, 0.3) is 5.91 Å². The van der Waals surface area contributed by atoms with Crippen LogP contribution in [-0.4, -0.2) is 24.1 Å². The summed E-state index contributed by atoms with van der Waals surface area (Å²) < 4.78 is 11.0. The number of hydrogen-bond acceptors (Lipinski definition) is 4. The highest BCUT2D eigenvalue weighted by Gasteiger charge is 2.19. The maximum Gasteiger partial charge on any atom is 0.261 e. The van der Waals surface area contributed by atoms with Crippen LogP contribution >= 0.6 is 0 Å². The van der Waals surface area contributed by atoms with Crippen LogP contribution in [0.4, 0.5) is 0 Å². The molecule has 1 atom stereocenters. The number of para-hydroxylation sites is 2. The Morgan fingerprint density at radius 3 is 2.55 bits per heavy atom. The van der Waals surface area contributed by atoms with Gasteiger partial charge < -0.3 is 14.8 Å². The third kappa shape index (κ3) is 4.22. The van der Waals surface area contributed by atoms with Crippen molar-refractivity contribution in [1.29, 1.82) is 0 Å². The molecule has 0 aliphatic rings. The number of benzene rings is 1. The number of aromatic nitrogens is 1. The molecule has 116 valence electrons. The van der Waals surface area contributed by atoms with E-state index < -0.39 is 6.10 Å². The Morgan fingerprint density at radius 2 is 1.91 bits per heavy atom. The van der Waals surface area contributed by atoms with E-state index in [2.05, 4.69) is 10.3 Å². The molecule has 2 rings (SSSR count). The molecule has 0 radical (unpaired) electrons. The van der Waals surface area contributed by atoms with Crippen LogP contribution in [-0.2, 0) is 11.3 Å². The van der Waals surface area contributed by atoms with Crippen LogP contribution in [0, 0.1) is 0 Å². The molecular formula is C17H20N2O3. The largest absolute Gasteiger partial charge is 0.493 e. The van der Waals surface area contributed by atoms with Gasteiger partial charge in [-0.05, 0) is 30.7 Å². The zero-order chi connectivity index (χ0) is 15.8. The van der Waals surface area contributed by atoms with Crippen molar-refractivity contribution >= 4 is 5.91 Å². The molecule has 0 saturated carbocycles. The average molecular weight is 300 g/mol. The number of amides is 1. The lowest BCUT2D eigenvalue weighted by molar-refractivity contribution is -0.128. The Labute approximate surface area is 130 Å². The van der Waals surface area contributed by atoms with Crippen molar-refractivity contribution in [3.05, 3.63) is 54.4 Å². The smallest absolute Gasteiger partial charge is 0.261 e. The van der Waals surface area contributed by atoms with Gasteiger partial charge >= 0.3 is 0 Å². The monoisotopic (exact) mass is 300 g/mol. The SMILES string of the molecule is CC[C@H](Oc1ccccc1OC)C(=O)NCc1ccccn1. The minimum atomic E-state index is -0.569. The predicted molar refractivity (Wildman–Crippen MR) is 83.8 cm³/mol. The van der Waals surface area contributed by atoms with Crippen LogP contribution in [0.5, 0.6) is 11.5 Å². The van der Waals surface area contributed by atoms with Crippen molar-refractivity contribution in [2.45, 2.75) is 26.0 Å². The molecule has 1 aromatic carbocycles. The van der Waals surface area contributed by atoms with Crippen molar-refractivity contribution in [3.63, 3.8) is 0 Å². The first kappa shape index (κ1) is 15.8. The molecule has 0 spiro atoms. The summed E-state index contributed by atoms with van der Waals surface area (Å²) in [4.78, 5) is 16.4. The minimum Gasteiger partial charge on any atom is -0.493 e. The Bertz CT molecular complexity index is 602. The molecule has 5 nitrogen and oxygen atoms in total. The number of hydrogen-bond donors (Lipinski definition) is 1. The number of carbonyl (C=O) groups excluding carboxylic acids is 1. The van der Waals surface area contributed by atoms with Gasteiger partial charge in [0, 0.05) is 6.20 Å². The van der Waals surface area contributed by atoms with Gasteiger partial charge in [-0.15, -0.1) is 0 Å². The van der Waals surface area contributed by atoms with Gasteiger partial charge in [-0.25, -0.2) is 0 Å². The second kappa shape index (κ2) is 8.02. The van der Waals surface area contributed by atoms with Gasteiger partial charge in [0.05, 0.1) is 19.3 Å². The van der Waals surface area contributed by atoms with Gasteiger partial charge in [0.15, 0.2) is 17.6 Å². The molecule has 0 unspecified atom stereocenters. The molecule has 0 bridgehead atoms. The summed E-state index contributed by atoms with van der Waals surface area (Å²) in [5.74, 6) is 1.00. The van der Waals surface area contributed by atoms with Crippen LogP contribution in [0.15, 0.2) is 48.7 Å². The lowest BCUT2D eigenvalue weighted by atomic mass is 10.2. The van der Waals surface area contributed by atoms with Crippen LogP contribution in [0.2, 0.25) is 0 Å². The van der Waals surface area contributed by atoms with E-state index in [1.807, 2.05) is 37.3 Å². The Balaban J connectivity index is 1.97. The molecule has 1 N–H and O–H groups in total. The fourth-order valence-corrected chi connectivity index (χ4v) is 1.99. The highest BCUT2D eigenvalue weighted by molar-refractivity contribution is 5.81. The second-order valence-electron chi connectivity index (χ2n) is 4.70. The number of carbonyl (C=O) groups is 1. The first-order valence-electron chi connectivity index (χ1n) is 7.22. The molecule has 1 amide bonds. The minimum absolute atomic E-state index is 0.168. The van der Waals surface area contributed by atoms with E-state index in [-0.39, 0.29) is 5.91 Å². The first-order valence-corrected chi connectivity index (χ1v) is 7.22. The number of nitrogens with one attached hydrogen (secondary N) is 1. The zero-order valence-electron chi connectivity index (χ0n) is 12.8. The summed E-state index contributed by atoms with van der Waals surface area (Å²) in [5.41, 5.74) is 0.808. The fourth-order valence-electron chi connectivity index (χ4n) is 1.99. The first-order chi connectivity index (χ1) is 10.7. The van der Waals surface area contributed by atoms with Gasteiger partial charge in [-0.1, -0.05) is 25.1 Å². The van der Waals surface area contributed by atoms with E-state index in [9.17, 15) is 4.79 Å². The average Bonchev–Trinajstić information content (AvgIpc) is 2.58. The number of pyridine rings is 1. The van der Waals surface area contributed by atoms with Crippen molar-refractivity contribution in [2.75, 3.05) is 7.11 Å². The van der Waals surface area contributed by atoms with Crippen LogP contribution < -0.4 is 14.8 Å². The summed E-state index contributed by atoms with van der Waals surface area (Å²) in [6.07, 6.45) is 1.69. The maximum absolute atomic E-state index is 12.2. The molecule has 0 aliphatic carbocycles. The molecule has 0 fully saturated rings. The molecule has 2 aromatic rings. The second-order valence-corrected chi connectivity index (χ2v) is 4.70. The summed E-state index contributed by atoms with van der Waals surface area (Å²) in [7, 11) is 1.57. The highest BCUT2D eigenvalue weighted by Crippen LogP contribution is 2.27. The normalized spacial score (nSPS) is 11.5. The summed E-state index contributed by atoms with van der Waals surface area (Å²) in [6, 6.07) is 12.9. The van der Waals surface area contributed by atoms with E-state index in [1.165, 1.54) is 0 Å². The van der Waals surface area contributed by atoms with E-state index >= 15 is 0 Å². The van der Waals surface area contributed by atoms with Gasteiger partial charge in [-0.3, -0.25) is 9.78 Å². The molecule has 0 saturated heterocycles. The van der Waals surface area contributed by atoms with Gasteiger partial charge in [0.1, 0.15) is 0 Å². The van der Waals surface area contributed by atoms with Crippen molar-refractivity contribution in [3.8, 4) is 11.5 Å². The van der Waals surface area contributed by atoms with Gasteiger partial charge in [0.2, 0.25) is 0 Å². The molecule has 5 heteroatoms. The number of methoxy groups -OCH3 is 1. The number of rotatable bonds is 7. The number of nitrogens with zero attached hydrogens (tertiary/aromatic N) is 1. The third-order valence-corrected chi connectivity index (χ3v) is 3.17. The van der Waals surface area contributed by atoms with Crippen molar-refractivity contribution in [2.24, 2.45) is 0 Å². The van der Waals surface area contributed by atoms with Crippen LogP contribution in [0.1, 0.15) is 19.0 Å². The standard InChI is InChI=1S/C17H20N2O3/c1-3-14(22-16-10-5-4-9-15(16)21-2)17(20)19-12-13-8-6-7-11-18-13/h4-11,14H,3,12H2,1-2H3,(H,19,20)/t14-/m0/s1. The fraction of sp³-hybridized carbons (Fsp3) is 0.294. The Morgan fingerprint density at radius 1 is 1.18 bits per heavy atom. The Kier molecular flexibility index (Phi) is 5.77. The molecule has 1 heterocycles. The lowest BCUT2D eigenvalue weighted by Crippen LogP contribution is -2.37. The van der Waals surface area contributed by atoms with E-state index in [0.29, 0.717) is 24.5 Å². The summed E-state index contributed by atoms with van der Waals surface area (Å²) in [6.45, 7) is 2.28. The van der Waals surface area contributed by atoms with Crippen molar-refractivity contribution < 1.29 is 14.3 Å².